The van der Waals surface area contributed by atoms with Gasteiger partial charge in [-0.1, -0.05) is 53.6 Å². The maximum absolute atomic E-state index is 12.6. The van der Waals surface area contributed by atoms with E-state index in [1.807, 2.05) is 43.3 Å². The second kappa shape index (κ2) is 8.76. The molecule has 0 radical (unpaired) electrons. The molecule has 148 valence electrons. The third-order valence-electron chi connectivity index (χ3n) is 4.44. The molecule has 1 amide bonds. The molecule has 5 nitrogen and oxygen atoms in total. The van der Waals surface area contributed by atoms with Crippen LogP contribution in [0.2, 0.25) is 5.02 Å². The number of nitrogens with zero attached hydrogens (tertiary/aromatic N) is 2. The van der Waals surface area contributed by atoms with Gasteiger partial charge in [-0.25, -0.2) is 9.97 Å². The van der Waals surface area contributed by atoms with Gasteiger partial charge >= 0.3 is 0 Å². The summed E-state index contributed by atoms with van der Waals surface area (Å²) in [6.45, 7) is 2.04. The van der Waals surface area contributed by atoms with Gasteiger partial charge in [0, 0.05) is 33.7 Å². The summed E-state index contributed by atoms with van der Waals surface area (Å²) in [5, 5.41) is 6.66. The van der Waals surface area contributed by atoms with Gasteiger partial charge < -0.3 is 10.6 Å². The lowest BCUT2D eigenvalue weighted by Gasteiger charge is -2.10. The first-order valence-corrected chi connectivity index (χ1v) is 9.79. The van der Waals surface area contributed by atoms with E-state index < -0.39 is 0 Å². The second-order valence-electron chi connectivity index (χ2n) is 6.80. The number of carbonyl (C=O) groups is 1. The normalized spacial score (nSPS) is 10.5. The number of hydrogen-bond acceptors (Lipinski definition) is 4. The zero-order chi connectivity index (χ0) is 20.9. The first kappa shape index (κ1) is 19.6. The van der Waals surface area contributed by atoms with Crippen molar-refractivity contribution < 1.29 is 4.79 Å². The topological polar surface area (TPSA) is 66.9 Å². The van der Waals surface area contributed by atoms with E-state index in [9.17, 15) is 4.79 Å². The Morgan fingerprint density at radius 2 is 1.67 bits per heavy atom. The molecule has 0 atom stereocenters. The molecule has 0 spiro atoms. The van der Waals surface area contributed by atoms with Crippen LogP contribution in [0.25, 0.3) is 11.4 Å². The van der Waals surface area contributed by atoms with E-state index in [4.69, 9.17) is 11.6 Å². The molecule has 0 aliphatic rings. The maximum Gasteiger partial charge on any atom is 0.255 e. The zero-order valence-electron chi connectivity index (χ0n) is 16.3. The number of benzene rings is 3. The van der Waals surface area contributed by atoms with E-state index in [1.165, 1.54) is 5.56 Å². The largest absolute Gasteiger partial charge is 0.340 e. The molecule has 4 rings (SSSR count). The first-order valence-electron chi connectivity index (χ1n) is 9.41. The van der Waals surface area contributed by atoms with Crippen LogP contribution in [0.1, 0.15) is 15.9 Å². The van der Waals surface area contributed by atoms with Gasteiger partial charge in [0.2, 0.25) is 0 Å². The van der Waals surface area contributed by atoms with Crippen molar-refractivity contribution in [2.75, 3.05) is 10.6 Å². The molecule has 1 heterocycles. The van der Waals surface area contributed by atoms with Crippen LogP contribution >= 0.6 is 11.6 Å². The van der Waals surface area contributed by atoms with Gasteiger partial charge in [0.15, 0.2) is 5.82 Å². The van der Waals surface area contributed by atoms with Gasteiger partial charge in [0.05, 0.1) is 0 Å². The predicted octanol–water partition coefficient (Wildman–Crippen LogP) is 6.10. The Morgan fingerprint density at radius 1 is 0.900 bits per heavy atom. The summed E-state index contributed by atoms with van der Waals surface area (Å²) in [4.78, 5) is 21.5. The lowest BCUT2D eigenvalue weighted by Crippen LogP contribution is -2.12. The first-order chi connectivity index (χ1) is 14.6. The Morgan fingerprint density at radius 3 is 2.47 bits per heavy atom. The lowest BCUT2D eigenvalue weighted by atomic mass is 10.1. The van der Waals surface area contributed by atoms with Crippen LogP contribution in [0.15, 0.2) is 85.1 Å². The third-order valence-corrected chi connectivity index (χ3v) is 4.68. The molecule has 6 heteroatoms. The minimum Gasteiger partial charge on any atom is -0.340 e. The third kappa shape index (κ3) is 4.82. The Hall–Kier alpha value is -3.70. The van der Waals surface area contributed by atoms with Crippen LogP contribution in [0.3, 0.4) is 0 Å². The van der Waals surface area contributed by atoms with Crippen molar-refractivity contribution in [1.82, 2.24) is 9.97 Å². The summed E-state index contributed by atoms with van der Waals surface area (Å²) in [5.74, 6) is 1.06. The molecule has 0 aliphatic heterocycles. The number of aromatic nitrogens is 2. The highest BCUT2D eigenvalue weighted by Crippen LogP contribution is 2.21. The van der Waals surface area contributed by atoms with E-state index in [0.717, 1.165) is 11.3 Å². The van der Waals surface area contributed by atoms with E-state index in [-0.39, 0.29) is 5.91 Å². The van der Waals surface area contributed by atoms with Crippen LogP contribution in [-0.2, 0) is 0 Å². The molecule has 0 saturated carbocycles. The Labute approximate surface area is 179 Å². The van der Waals surface area contributed by atoms with Crippen LogP contribution in [0.4, 0.5) is 17.2 Å². The molecule has 0 bridgehead atoms. The molecular formula is C24H19ClN4O. The Kier molecular flexibility index (Phi) is 5.72. The smallest absolute Gasteiger partial charge is 0.255 e. The SMILES string of the molecule is Cc1ccc(-c2nccc(Nc3cccc(C(=O)Nc4cccc(Cl)c4)c3)n2)cc1. The van der Waals surface area contributed by atoms with Crippen molar-refractivity contribution in [2.45, 2.75) is 6.92 Å². The summed E-state index contributed by atoms with van der Waals surface area (Å²) in [6, 6.07) is 24.1. The number of rotatable bonds is 5. The van der Waals surface area contributed by atoms with Crippen LogP contribution < -0.4 is 10.6 Å². The standard InChI is InChI=1S/C24H19ClN4O/c1-16-8-10-17(11-9-16)23-26-13-12-22(29-23)27-20-6-2-4-18(14-20)24(30)28-21-7-3-5-19(25)15-21/h2-15H,1H3,(H,28,30)(H,26,27,29). The Balaban J connectivity index is 1.51. The van der Waals surface area contributed by atoms with Crippen molar-refractivity contribution in [1.29, 1.82) is 0 Å². The molecule has 2 N–H and O–H groups in total. The highest BCUT2D eigenvalue weighted by atomic mass is 35.5. The average Bonchev–Trinajstić information content (AvgIpc) is 2.75. The molecule has 3 aromatic carbocycles. The highest BCUT2D eigenvalue weighted by molar-refractivity contribution is 6.31. The van der Waals surface area contributed by atoms with Gasteiger partial charge in [0.1, 0.15) is 5.82 Å². The number of nitrogens with one attached hydrogen (secondary N) is 2. The highest BCUT2D eigenvalue weighted by Gasteiger charge is 2.08. The molecule has 0 aliphatic carbocycles. The number of anilines is 3. The molecule has 1 aromatic heterocycles. The minimum atomic E-state index is -0.219. The summed E-state index contributed by atoms with van der Waals surface area (Å²) in [7, 11) is 0. The fraction of sp³-hybridized carbons (Fsp3) is 0.0417. The monoisotopic (exact) mass is 414 g/mol. The van der Waals surface area contributed by atoms with Gasteiger partial charge in [-0.2, -0.15) is 0 Å². The minimum absolute atomic E-state index is 0.219. The van der Waals surface area contributed by atoms with Gasteiger partial charge in [-0.3, -0.25) is 4.79 Å². The second-order valence-corrected chi connectivity index (χ2v) is 7.24. The van der Waals surface area contributed by atoms with Crippen molar-refractivity contribution in [2.24, 2.45) is 0 Å². The van der Waals surface area contributed by atoms with Crippen molar-refractivity contribution in [3.8, 4) is 11.4 Å². The van der Waals surface area contributed by atoms with Crippen molar-refractivity contribution in [3.05, 3.63) is 101 Å². The quantitative estimate of drug-likeness (QED) is 0.414. The fourth-order valence-electron chi connectivity index (χ4n) is 2.93. The average molecular weight is 415 g/mol. The molecule has 0 unspecified atom stereocenters. The number of amides is 1. The summed E-state index contributed by atoms with van der Waals surface area (Å²) in [6.07, 6.45) is 1.71. The molecule has 30 heavy (non-hydrogen) atoms. The fourth-order valence-corrected chi connectivity index (χ4v) is 3.12. The van der Waals surface area contributed by atoms with Crippen molar-refractivity contribution in [3.63, 3.8) is 0 Å². The number of halogens is 1. The van der Waals surface area contributed by atoms with E-state index in [1.54, 1.807) is 48.7 Å². The van der Waals surface area contributed by atoms with Crippen molar-refractivity contribution >= 4 is 34.7 Å². The molecule has 0 fully saturated rings. The summed E-state index contributed by atoms with van der Waals surface area (Å²) < 4.78 is 0. The molecular weight excluding hydrogens is 396 g/mol. The van der Waals surface area contributed by atoms with E-state index in [0.29, 0.717) is 27.9 Å². The van der Waals surface area contributed by atoms with Gasteiger partial charge in [0.25, 0.3) is 5.91 Å². The number of carbonyl (C=O) groups excluding carboxylic acids is 1. The molecule has 0 saturated heterocycles. The summed E-state index contributed by atoms with van der Waals surface area (Å²) in [5.41, 5.74) is 4.04. The van der Waals surface area contributed by atoms with Crippen LogP contribution in [-0.4, -0.2) is 15.9 Å². The van der Waals surface area contributed by atoms with E-state index in [2.05, 4.69) is 20.6 Å². The number of aryl methyl sites for hydroxylation is 1. The zero-order valence-corrected chi connectivity index (χ0v) is 17.0. The summed E-state index contributed by atoms with van der Waals surface area (Å²) >= 11 is 5.98. The maximum atomic E-state index is 12.6. The van der Waals surface area contributed by atoms with E-state index >= 15 is 0 Å². The van der Waals surface area contributed by atoms with Gasteiger partial charge in [-0.15, -0.1) is 0 Å². The van der Waals surface area contributed by atoms with Crippen LogP contribution in [0, 0.1) is 6.92 Å². The lowest BCUT2D eigenvalue weighted by molar-refractivity contribution is 0.102. The number of hydrogen-bond donors (Lipinski definition) is 2. The van der Waals surface area contributed by atoms with Crippen LogP contribution in [0.5, 0.6) is 0 Å². The molecule has 4 aromatic rings. The van der Waals surface area contributed by atoms with Gasteiger partial charge in [-0.05, 0) is 49.4 Å². The Bertz CT molecular complexity index is 1190. The predicted molar refractivity (Wildman–Crippen MR) is 121 cm³/mol.